The number of hydrogen-bond acceptors (Lipinski definition) is 7. The van der Waals surface area contributed by atoms with Gasteiger partial charge < -0.3 is 19.9 Å². The summed E-state index contributed by atoms with van der Waals surface area (Å²) in [5, 5.41) is 2.17. The van der Waals surface area contributed by atoms with Crippen LogP contribution in [0.1, 0.15) is 17.4 Å². The van der Waals surface area contributed by atoms with Crippen molar-refractivity contribution in [3.63, 3.8) is 0 Å². The van der Waals surface area contributed by atoms with Gasteiger partial charge in [0, 0.05) is 10.9 Å². The van der Waals surface area contributed by atoms with Crippen LogP contribution in [0.4, 0.5) is 0 Å². The summed E-state index contributed by atoms with van der Waals surface area (Å²) >= 11 is 1.27. The van der Waals surface area contributed by atoms with Gasteiger partial charge in [-0.25, -0.2) is 9.78 Å². The molecule has 0 saturated heterocycles. The molecule has 1 heterocycles. The van der Waals surface area contributed by atoms with Crippen molar-refractivity contribution in [3.05, 3.63) is 29.3 Å². The lowest BCUT2D eigenvalue weighted by atomic mass is 10.2. The van der Waals surface area contributed by atoms with Crippen LogP contribution in [0.25, 0.3) is 10.6 Å². The number of carbonyl (C=O) groups excluding carboxylic acids is 2. The normalized spacial score (nSPS) is 11.6. The van der Waals surface area contributed by atoms with Gasteiger partial charge in [0.1, 0.15) is 5.01 Å². The number of rotatable bonds is 6. The Bertz CT molecular complexity index is 728. The SMILES string of the molecule is COc1ccc(-c2nc(C(=O)O[C@H](C)C(N)=O)cs2)cc1OC. The minimum atomic E-state index is -1.01. The smallest absolute Gasteiger partial charge is 0.358 e. The molecular formula is C15H16N2O5S. The first-order chi connectivity index (χ1) is 11.0. The second-order valence-electron chi connectivity index (χ2n) is 4.56. The van der Waals surface area contributed by atoms with Crippen molar-refractivity contribution in [3.8, 4) is 22.1 Å². The number of methoxy groups -OCH3 is 2. The molecule has 0 saturated carbocycles. The van der Waals surface area contributed by atoms with E-state index in [0.717, 1.165) is 5.56 Å². The van der Waals surface area contributed by atoms with Gasteiger partial charge >= 0.3 is 5.97 Å². The van der Waals surface area contributed by atoms with Crippen LogP contribution in [-0.2, 0) is 9.53 Å². The van der Waals surface area contributed by atoms with Gasteiger partial charge in [0.2, 0.25) is 0 Å². The number of carbonyl (C=O) groups is 2. The van der Waals surface area contributed by atoms with Crippen molar-refractivity contribution in [2.45, 2.75) is 13.0 Å². The Kier molecular flexibility index (Phi) is 5.17. The largest absolute Gasteiger partial charge is 0.493 e. The average Bonchev–Trinajstić information content (AvgIpc) is 3.04. The molecule has 0 radical (unpaired) electrons. The number of ether oxygens (including phenoxy) is 3. The predicted octanol–water partition coefficient (Wildman–Crippen LogP) is 1.86. The third-order valence-electron chi connectivity index (χ3n) is 3.03. The molecule has 1 amide bonds. The summed E-state index contributed by atoms with van der Waals surface area (Å²) in [5.41, 5.74) is 5.95. The zero-order valence-electron chi connectivity index (χ0n) is 12.9. The maximum Gasteiger partial charge on any atom is 0.358 e. The molecule has 1 atom stereocenters. The molecule has 7 nitrogen and oxygen atoms in total. The van der Waals surface area contributed by atoms with E-state index in [4.69, 9.17) is 19.9 Å². The van der Waals surface area contributed by atoms with E-state index >= 15 is 0 Å². The van der Waals surface area contributed by atoms with Gasteiger partial charge in [0.05, 0.1) is 14.2 Å². The van der Waals surface area contributed by atoms with Crippen molar-refractivity contribution < 1.29 is 23.8 Å². The molecule has 23 heavy (non-hydrogen) atoms. The van der Waals surface area contributed by atoms with Gasteiger partial charge in [-0.2, -0.15) is 0 Å². The molecule has 8 heteroatoms. The molecule has 0 fully saturated rings. The fraction of sp³-hybridized carbons (Fsp3) is 0.267. The molecule has 1 aromatic carbocycles. The molecule has 1 aromatic heterocycles. The van der Waals surface area contributed by atoms with Gasteiger partial charge in [0.15, 0.2) is 23.3 Å². The van der Waals surface area contributed by atoms with E-state index in [1.165, 1.54) is 25.4 Å². The van der Waals surface area contributed by atoms with Gasteiger partial charge in [-0.1, -0.05) is 0 Å². The van der Waals surface area contributed by atoms with Crippen LogP contribution in [-0.4, -0.2) is 37.2 Å². The fourth-order valence-electron chi connectivity index (χ4n) is 1.75. The average molecular weight is 336 g/mol. The van der Waals surface area contributed by atoms with E-state index < -0.39 is 18.0 Å². The summed E-state index contributed by atoms with van der Waals surface area (Å²) < 4.78 is 15.3. The number of nitrogens with two attached hydrogens (primary N) is 1. The minimum Gasteiger partial charge on any atom is -0.493 e. The highest BCUT2D eigenvalue weighted by molar-refractivity contribution is 7.13. The van der Waals surface area contributed by atoms with Crippen LogP contribution in [0.5, 0.6) is 11.5 Å². The Hall–Kier alpha value is -2.61. The van der Waals surface area contributed by atoms with Gasteiger partial charge in [0.25, 0.3) is 5.91 Å². The van der Waals surface area contributed by atoms with E-state index in [2.05, 4.69) is 4.98 Å². The summed E-state index contributed by atoms with van der Waals surface area (Å²) in [4.78, 5) is 27.0. The van der Waals surface area contributed by atoms with E-state index in [-0.39, 0.29) is 5.69 Å². The van der Waals surface area contributed by atoms with Crippen LogP contribution in [0.2, 0.25) is 0 Å². The lowest BCUT2D eigenvalue weighted by Crippen LogP contribution is -2.30. The van der Waals surface area contributed by atoms with Gasteiger partial charge in [-0.3, -0.25) is 4.79 Å². The molecule has 2 rings (SSSR count). The van der Waals surface area contributed by atoms with Crippen molar-refractivity contribution in [2.75, 3.05) is 14.2 Å². The number of primary amides is 1. The molecule has 2 aromatic rings. The molecule has 122 valence electrons. The Balaban J connectivity index is 2.22. The first kappa shape index (κ1) is 16.8. The molecular weight excluding hydrogens is 320 g/mol. The van der Waals surface area contributed by atoms with Crippen LogP contribution < -0.4 is 15.2 Å². The summed E-state index contributed by atoms with van der Waals surface area (Å²) in [7, 11) is 3.09. The Morgan fingerprint density at radius 2 is 1.91 bits per heavy atom. The van der Waals surface area contributed by atoms with Crippen molar-refractivity contribution in [1.82, 2.24) is 4.98 Å². The lowest BCUT2D eigenvalue weighted by molar-refractivity contribution is -0.125. The first-order valence-electron chi connectivity index (χ1n) is 6.64. The lowest BCUT2D eigenvalue weighted by Gasteiger charge is -2.08. The molecule has 2 N–H and O–H groups in total. The number of esters is 1. The Morgan fingerprint density at radius 1 is 1.22 bits per heavy atom. The highest BCUT2D eigenvalue weighted by Gasteiger charge is 2.19. The van der Waals surface area contributed by atoms with Crippen LogP contribution in [0.15, 0.2) is 23.6 Å². The summed E-state index contributed by atoms with van der Waals surface area (Å²) in [6.45, 7) is 1.40. The highest BCUT2D eigenvalue weighted by Crippen LogP contribution is 2.33. The molecule has 0 bridgehead atoms. The van der Waals surface area contributed by atoms with Crippen molar-refractivity contribution in [2.24, 2.45) is 5.73 Å². The summed E-state index contributed by atoms with van der Waals surface area (Å²) in [6.07, 6.45) is -1.01. The number of hydrogen-bond donors (Lipinski definition) is 1. The quantitative estimate of drug-likeness (QED) is 0.808. The third kappa shape index (κ3) is 3.78. The number of aromatic nitrogens is 1. The Morgan fingerprint density at radius 3 is 2.52 bits per heavy atom. The monoisotopic (exact) mass is 336 g/mol. The molecule has 0 aliphatic carbocycles. The predicted molar refractivity (Wildman–Crippen MR) is 84.7 cm³/mol. The van der Waals surface area contributed by atoms with E-state index in [0.29, 0.717) is 16.5 Å². The molecule has 0 aliphatic rings. The number of nitrogens with zero attached hydrogens (tertiary/aromatic N) is 1. The number of benzene rings is 1. The summed E-state index contributed by atoms with van der Waals surface area (Å²) in [5.74, 6) is -0.248. The van der Waals surface area contributed by atoms with Crippen molar-refractivity contribution >= 4 is 23.2 Å². The zero-order valence-corrected chi connectivity index (χ0v) is 13.7. The van der Waals surface area contributed by atoms with E-state index in [1.807, 2.05) is 0 Å². The second-order valence-corrected chi connectivity index (χ2v) is 5.42. The van der Waals surface area contributed by atoms with Crippen LogP contribution in [0, 0.1) is 0 Å². The molecule has 0 aliphatic heterocycles. The molecule has 0 unspecified atom stereocenters. The number of amides is 1. The zero-order chi connectivity index (χ0) is 17.0. The van der Waals surface area contributed by atoms with Gasteiger partial charge in [-0.05, 0) is 25.1 Å². The van der Waals surface area contributed by atoms with E-state index in [1.54, 1.807) is 30.7 Å². The maximum atomic E-state index is 11.9. The molecule has 0 spiro atoms. The summed E-state index contributed by atoms with van der Waals surface area (Å²) in [6, 6.07) is 5.32. The standard InChI is InChI=1S/C15H16N2O5S/c1-8(13(16)18)22-15(19)10-7-23-14(17-10)9-4-5-11(20-2)12(6-9)21-3/h4-8H,1-3H3,(H2,16,18)/t8-/m1/s1. The second kappa shape index (κ2) is 7.10. The third-order valence-corrected chi connectivity index (χ3v) is 3.92. The Labute approximate surface area is 137 Å². The first-order valence-corrected chi connectivity index (χ1v) is 7.52. The fourth-order valence-corrected chi connectivity index (χ4v) is 2.53. The van der Waals surface area contributed by atoms with Crippen LogP contribution in [0.3, 0.4) is 0 Å². The minimum absolute atomic E-state index is 0.118. The van der Waals surface area contributed by atoms with E-state index in [9.17, 15) is 9.59 Å². The highest BCUT2D eigenvalue weighted by atomic mass is 32.1. The number of thiazole rings is 1. The topological polar surface area (TPSA) is 101 Å². The van der Waals surface area contributed by atoms with Crippen LogP contribution >= 0.6 is 11.3 Å². The van der Waals surface area contributed by atoms with Gasteiger partial charge in [-0.15, -0.1) is 11.3 Å². The maximum absolute atomic E-state index is 11.9. The van der Waals surface area contributed by atoms with Crippen molar-refractivity contribution in [1.29, 1.82) is 0 Å².